The fourth-order valence-electron chi connectivity index (χ4n) is 1.08. The lowest BCUT2D eigenvalue weighted by molar-refractivity contribution is 0.484. The maximum Gasteiger partial charge on any atom is 0.00885 e. The number of terminal acetylenes is 1. The van der Waals surface area contributed by atoms with E-state index in [9.17, 15) is 0 Å². The molecule has 0 heterocycles. The quantitative estimate of drug-likeness (QED) is 0.309. The summed E-state index contributed by atoms with van der Waals surface area (Å²) in [4.78, 5) is 0. The van der Waals surface area contributed by atoms with Crippen LogP contribution < -0.4 is 0 Å². The molecule has 11 heavy (non-hydrogen) atoms. The lowest BCUT2D eigenvalue weighted by atomic mass is 9.99. The van der Waals surface area contributed by atoms with Crippen LogP contribution in [0.15, 0.2) is 12.7 Å². The summed E-state index contributed by atoms with van der Waals surface area (Å²) in [5.41, 5.74) is 0. The maximum absolute atomic E-state index is 5.17. The van der Waals surface area contributed by atoms with Gasteiger partial charge >= 0.3 is 0 Å². The average molecular weight is 150 g/mol. The predicted molar refractivity (Wildman–Crippen MR) is 51.3 cm³/mol. The monoisotopic (exact) mass is 150 g/mol. The van der Waals surface area contributed by atoms with Crippen molar-refractivity contribution in [3.8, 4) is 12.3 Å². The first kappa shape index (κ1) is 10.3. The van der Waals surface area contributed by atoms with Crippen LogP contribution >= 0.6 is 0 Å². The van der Waals surface area contributed by atoms with E-state index in [4.69, 9.17) is 6.42 Å². The van der Waals surface area contributed by atoms with Gasteiger partial charge in [0.15, 0.2) is 0 Å². The second kappa shape index (κ2) is 7.41. The number of allylic oxidation sites excluding steroid dienone is 1. The number of unbranched alkanes of at least 4 members (excludes halogenated alkanes) is 1. The van der Waals surface area contributed by atoms with Crippen molar-refractivity contribution in [3.05, 3.63) is 12.7 Å². The molecule has 0 amide bonds. The smallest absolute Gasteiger partial charge is 0.00885 e. The zero-order valence-corrected chi connectivity index (χ0v) is 7.47. The SMILES string of the molecule is C#CCCC(C)CCCC=C. The number of hydrogen-bond acceptors (Lipinski definition) is 0. The van der Waals surface area contributed by atoms with Gasteiger partial charge in [0.1, 0.15) is 0 Å². The van der Waals surface area contributed by atoms with E-state index in [-0.39, 0.29) is 0 Å². The van der Waals surface area contributed by atoms with Gasteiger partial charge < -0.3 is 0 Å². The van der Waals surface area contributed by atoms with E-state index in [1.165, 1.54) is 19.3 Å². The van der Waals surface area contributed by atoms with Crippen molar-refractivity contribution in [2.45, 2.75) is 39.0 Å². The molecule has 0 nitrogen and oxygen atoms in total. The standard InChI is InChI=1S/C11H18/c1-4-6-8-10-11(3)9-7-5-2/h2,4,11H,1,6-10H2,3H3. The van der Waals surface area contributed by atoms with Crippen molar-refractivity contribution >= 4 is 0 Å². The zero-order chi connectivity index (χ0) is 8.53. The molecule has 0 aliphatic rings. The lowest BCUT2D eigenvalue weighted by Crippen LogP contribution is -1.93. The molecule has 0 bridgehead atoms. The summed E-state index contributed by atoms with van der Waals surface area (Å²) in [5, 5.41) is 0. The molecule has 0 heteroatoms. The fraction of sp³-hybridized carbons (Fsp3) is 0.636. The molecule has 0 aliphatic heterocycles. The highest BCUT2D eigenvalue weighted by Gasteiger charge is 1.98. The van der Waals surface area contributed by atoms with Crippen LogP contribution in [0.1, 0.15) is 39.0 Å². The highest BCUT2D eigenvalue weighted by Crippen LogP contribution is 2.13. The first-order valence-electron chi connectivity index (χ1n) is 4.35. The van der Waals surface area contributed by atoms with Crippen LogP contribution in [0.3, 0.4) is 0 Å². The van der Waals surface area contributed by atoms with Crippen molar-refractivity contribution in [2.24, 2.45) is 5.92 Å². The fourth-order valence-corrected chi connectivity index (χ4v) is 1.08. The van der Waals surface area contributed by atoms with Crippen molar-refractivity contribution in [3.63, 3.8) is 0 Å². The minimum Gasteiger partial charge on any atom is -0.120 e. The zero-order valence-electron chi connectivity index (χ0n) is 7.47. The minimum absolute atomic E-state index is 0.783. The Balaban J connectivity index is 3.16. The van der Waals surface area contributed by atoms with E-state index < -0.39 is 0 Å². The van der Waals surface area contributed by atoms with Gasteiger partial charge in [0.2, 0.25) is 0 Å². The van der Waals surface area contributed by atoms with Gasteiger partial charge in [-0.05, 0) is 25.2 Å². The summed E-state index contributed by atoms with van der Waals surface area (Å²) in [6.45, 7) is 5.95. The van der Waals surface area contributed by atoms with Crippen LogP contribution in [0.5, 0.6) is 0 Å². The van der Waals surface area contributed by atoms with Crippen LogP contribution in [-0.2, 0) is 0 Å². The molecule has 0 saturated carbocycles. The minimum atomic E-state index is 0.783. The molecular formula is C11H18. The molecule has 0 fully saturated rings. The highest BCUT2D eigenvalue weighted by atomic mass is 14.0. The molecule has 0 saturated heterocycles. The van der Waals surface area contributed by atoms with Crippen LogP contribution in [0.4, 0.5) is 0 Å². The Labute approximate surface area is 70.7 Å². The predicted octanol–water partition coefficient (Wildman–Crippen LogP) is 3.39. The molecular weight excluding hydrogens is 132 g/mol. The van der Waals surface area contributed by atoms with Gasteiger partial charge in [-0.3, -0.25) is 0 Å². The van der Waals surface area contributed by atoms with Gasteiger partial charge in [-0.15, -0.1) is 18.9 Å². The van der Waals surface area contributed by atoms with Crippen molar-refractivity contribution in [2.75, 3.05) is 0 Å². The van der Waals surface area contributed by atoms with Crippen LogP contribution in [0.2, 0.25) is 0 Å². The Kier molecular flexibility index (Phi) is 6.94. The molecule has 0 aromatic heterocycles. The van der Waals surface area contributed by atoms with Crippen molar-refractivity contribution in [1.29, 1.82) is 0 Å². The van der Waals surface area contributed by atoms with Gasteiger partial charge in [0, 0.05) is 6.42 Å². The number of rotatable bonds is 6. The maximum atomic E-state index is 5.17. The van der Waals surface area contributed by atoms with Gasteiger partial charge in [-0.25, -0.2) is 0 Å². The number of hydrogen-bond donors (Lipinski definition) is 0. The van der Waals surface area contributed by atoms with E-state index >= 15 is 0 Å². The van der Waals surface area contributed by atoms with Crippen LogP contribution in [-0.4, -0.2) is 0 Å². The summed E-state index contributed by atoms with van der Waals surface area (Å²) in [6.07, 6.45) is 12.9. The summed E-state index contributed by atoms with van der Waals surface area (Å²) >= 11 is 0. The molecule has 0 N–H and O–H groups in total. The summed E-state index contributed by atoms with van der Waals surface area (Å²) < 4.78 is 0. The molecule has 0 spiro atoms. The third-order valence-corrected chi connectivity index (χ3v) is 1.89. The second-order valence-electron chi connectivity index (χ2n) is 3.07. The molecule has 0 radical (unpaired) electrons. The van der Waals surface area contributed by atoms with E-state index in [0.29, 0.717) is 0 Å². The third kappa shape index (κ3) is 7.19. The lowest BCUT2D eigenvalue weighted by Gasteiger charge is -2.07. The molecule has 0 aliphatic carbocycles. The first-order chi connectivity index (χ1) is 5.31. The Bertz CT molecular complexity index is 127. The summed E-state index contributed by atoms with van der Waals surface area (Å²) in [5.74, 6) is 3.45. The normalized spacial score (nSPS) is 12.0. The largest absolute Gasteiger partial charge is 0.120 e. The van der Waals surface area contributed by atoms with E-state index in [0.717, 1.165) is 18.8 Å². The first-order valence-corrected chi connectivity index (χ1v) is 4.35. The Morgan fingerprint density at radius 3 is 2.82 bits per heavy atom. The molecule has 62 valence electrons. The summed E-state index contributed by atoms with van der Waals surface area (Å²) in [6, 6.07) is 0. The Hall–Kier alpha value is -0.700. The second-order valence-corrected chi connectivity index (χ2v) is 3.07. The Morgan fingerprint density at radius 1 is 1.55 bits per heavy atom. The summed E-state index contributed by atoms with van der Waals surface area (Å²) in [7, 11) is 0. The van der Waals surface area contributed by atoms with Crippen LogP contribution in [0.25, 0.3) is 0 Å². The van der Waals surface area contributed by atoms with Gasteiger partial charge in [0.25, 0.3) is 0 Å². The molecule has 1 atom stereocenters. The molecule has 0 aromatic carbocycles. The van der Waals surface area contributed by atoms with E-state index in [1.54, 1.807) is 0 Å². The van der Waals surface area contributed by atoms with Crippen molar-refractivity contribution < 1.29 is 0 Å². The molecule has 0 aromatic rings. The van der Waals surface area contributed by atoms with E-state index in [2.05, 4.69) is 19.4 Å². The third-order valence-electron chi connectivity index (χ3n) is 1.89. The van der Waals surface area contributed by atoms with Gasteiger partial charge in [-0.1, -0.05) is 19.4 Å². The molecule has 1 unspecified atom stereocenters. The van der Waals surface area contributed by atoms with Crippen LogP contribution in [0, 0.1) is 18.3 Å². The van der Waals surface area contributed by atoms with E-state index in [1.807, 2.05) is 6.08 Å². The average Bonchev–Trinajstić information content (AvgIpc) is 2.01. The topological polar surface area (TPSA) is 0 Å². The van der Waals surface area contributed by atoms with Crippen molar-refractivity contribution in [1.82, 2.24) is 0 Å². The van der Waals surface area contributed by atoms with Gasteiger partial charge in [-0.2, -0.15) is 0 Å². The Morgan fingerprint density at radius 2 is 2.27 bits per heavy atom. The molecule has 0 rings (SSSR count). The van der Waals surface area contributed by atoms with Gasteiger partial charge in [0.05, 0.1) is 0 Å². The highest BCUT2D eigenvalue weighted by molar-refractivity contribution is 4.83.